The Kier molecular flexibility index (Phi) is 8.41. The average Bonchev–Trinajstić information content (AvgIpc) is 2.48. The van der Waals surface area contributed by atoms with E-state index in [1.54, 1.807) is 0 Å². The molecule has 0 radical (unpaired) electrons. The molecular weight excluding hydrogens is 341 g/mol. The lowest BCUT2D eigenvalue weighted by Gasteiger charge is -2.16. The zero-order chi connectivity index (χ0) is 17.4. The first-order valence-electron chi connectivity index (χ1n) is 7.48. The van der Waals surface area contributed by atoms with E-state index in [1.165, 1.54) is 24.8 Å². The molecule has 0 bridgehead atoms. The molecule has 1 aromatic rings. The number of carbonyl (C=O) groups is 2. The van der Waals surface area contributed by atoms with E-state index in [2.05, 4.69) is 5.32 Å². The number of thioether (sulfide) groups is 1. The molecule has 0 aliphatic rings. The van der Waals surface area contributed by atoms with Gasteiger partial charge in [0.2, 0.25) is 5.91 Å². The van der Waals surface area contributed by atoms with Gasteiger partial charge in [-0.2, -0.15) is 0 Å². The molecule has 23 heavy (non-hydrogen) atoms. The summed E-state index contributed by atoms with van der Waals surface area (Å²) in [5, 5.41) is 2.17. The third-order valence-corrected chi connectivity index (χ3v) is 4.80. The van der Waals surface area contributed by atoms with Crippen LogP contribution in [0.25, 0.3) is 0 Å². The highest BCUT2D eigenvalue weighted by Crippen LogP contribution is 2.35. The Balaban J connectivity index is 2.87. The van der Waals surface area contributed by atoms with E-state index in [4.69, 9.17) is 16.3 Å². The third-order valence-electron chi connectivity index (χ3n) is 2.98. The molecule has 1 unspecified atom stereocenters. The van der Waals surface area contributed by atoms with Crippen molar-refractivity contribution < 1.29 is 18.7 Å². The van der Waals surface area contributed by atoms with Crippen LogP contribution in [0.2, 0.25) is 5.02 Å². The van der Waals surface area contributed by atoms with Crippen LogP contribution >= 0.6 is 23.4 Å². The Morgan fingerprint density at radius 2 is 2.09 bits per heavy atom. The molecule has 0 saturated carbocycles. The Morgan fingerprint density at radius 3 is 2.65 bits per heavy atom. The minimum atomic E-state index is -0.617. The Bertz CT molecular complexity index is 569. The summed E-state index contributed by atoms with van der Waals surface area (Å²) in [6, 6.07) is 2.57. The summed E-state index contributed by atoms with van der Waals surface area (Å²) < 4.78 is 19.0. The molecule has 7 heteroatoms. The van der Waals surface area contributed by atoms with Crippen LogP contribution in [0.5, 0.6) is 0 Å². The van der Waals surface area contributed by atoms with Crippen molar-refractivity contribution in [2.75, 3.05) is 11.9 Å². The molecule has 128 valence electrons. The SMILES string of the molecule is CCCCOC(=O)C(CC)Sc1cc(NC(C)=O)c(F)cc1Cl. The normalized spacial score (nSPS) is 11.9. The van der Waals surface area contributed by atoms with Crippen LogP contribution in [0, 0.1) is 5.82 Å². The van der Waals surface area contributed by atoms with Gasteiger partial charge < -0.3 is 10.1 Å². The van der Waals surface area contributed by atoms with E-state index in [-0.39, 0.29) is 22.6 Å². The van der Waals surface area contributed by atoms with Crippen LogP contribution in [0.3, 0.4) is 0 Å². The van der Waals surface area contributed by atoms with Crippen molar-refractivity contribution in [2.45, 2.75) is 50.2 Å². The predicted molar refractivity (Wildman–Crippen MR) is 91.5 cm³/mol. The second-order valence-electron chi connectivity index (χ2n) is 4.98. The number of nitrogens with one attached hydrogen (secondary N) is 1. The number of hydrogen-bond donors (Lipinski definition) is 1. The fourth-order valence-corrected chi connectivity index (χ4v) is 3.05. The van der Waals surface area contributed by atoms with Crippen LogP contribution in [0.4, 0.5) is 10.1 Å². The number of rotatable bonds is 8. The van der Waals surface area contributed by atoms with E-state index in [1.807, 2.05) is 13.8 Å². The van der Waals surface area contributed by atoms with Crippen molar-refractivity contribution in [1.82, 2.24) is 0 Å². The standard InChI is InChI=1S/C16H21ClFNO3S/c1-4-6-7-22-16(21)14(5-2)23-15-9-13(19-10(3)20)12(18)8-11(15)17/h8-9,14H,4-7H2,1-3H3,(H,19,20). The van der Waals surface area contributed by atoms with Gasteiger partial charge in [0.15, 0.2) is 0 Å². The number of unbranched alkanes of at least 4 members (excludes halogenated alkanes) is 1. The van der Waals surface area contributed by atoms with Crippen molar-refractivity contribution in [3.63, 3.8) is 0 Å². The van der Waals surface area contributed by atoms with E-state index < -0.39 is 11.1 Å². The molecule has 0 aliphatic carbocycles. The lowest BCUT2D eigenvalue weighted by Crippen LogP contribution is -2.20. The zero-order valence-electron chi connectivity index (χ0n) is 13.4. The van der Waals surface area contributed by atoms with Crippen LogP contribution in [0.15, 0.2) is 17.0 Å². The number of hydrogen-bond acceptors (Lipinski definition) is 4. The number of ether oxygens (including phenoxy) is 1. The maximum Gasteiger partial charge on any atom is 0.319 e. The van der Waals surface area contributed by atoms with Crippen LogP contribution in [0.1, 0.15) is 40.0 Å². The Morgan fingerprint density at radius 1 is 1.39 bits per heavy atom. The molecule has 1 atom stereocenters. The quantitative estimate of drug-likeness (QED) is 0.416. The molecule has 1 amide bonds. The lowest BCUT2D eigenvalue weighted by atomic mass is 10.3. The van der Waals surface area contributed by atoms with Gasteiger partial charge in [0.05, 0.1) is 17.3 Å². The summed E-state index contributed by atoms with van der Waals surface area (Å²) in [5.74, 6) is -1.31. The van der Waals surface area contributed by atoms with Crippen LogP contribution < -0.4 is 5.32 Å². The average molecular weight is 362 g/mol. The second-order valence-corrected chi connectivity index (χ2v) is 6.63. The molecule has 4 nitrogen and oxygen atoms in total. The first-order chi connectivity index (χ1) is 10.9. The van der Waals surface area contributed by atoms with Gasteiger partial charge in [-0.3, -0.25) is 9.59 Å². The molecule has 0 fully saturated rings. The summed E-state index contributed by atoms with van der Waals surface area (Å²) in [4.78, 5) is 23.7. The molecule has 0 spiro atoms. The molecule has 1 N–H and O–H groups in total. The van der Waals surface area contributed by atoms with E-state index in [0.29, 0.717) is 17.9 Å². The van der Waals surface area contributed by atoms with E-state index in [0.717, 1.165) is 18.9 Å². The molecule has 0 heterocycles. The monoisotopic (exact) mass is 361 g/mol. The summed E-state index contributed by atoms with van der Waals surface area (Å²) in [6.45, 7) is 5.56. The fraction of sp³-hybridized carbons (Fsp3) is 0.500. The minimum absolute atomic E-state index is 0.0404. The van der Waals surface area contributed by atoms with Crippen LogP contribution in [-0.2, 0) is 14.3 Å². The van der Waals surface area contributed by atoms with Gasteiger partial charge in [0.1, 0.15) is 11.1 Å². The van der Waals surface area contributed by atoms with Crippen molar-refractivity contribution >= 4 is 40.9 Å². The summed E-state index contributed by atoms with van der Waals surface area (Å²) >= 11 is 7.25. The van der Waals surface area contributed by atoms with Gasteiger partial charge in [0.25, 0.3) is 0 Å². The predicted octanol–water partition coefficient (Wildman–Crippen LogP) is 4.65. The highest BCUT2D eigenvalue weighted by atomic mass is 35.5. The topological polar surface area (TPSA) is 55.4 Å². The molecule has 0 aliphatic heterocycles. The third kappa shape index (κ3) is 6.39. The van der Waals surface area contributed by atoms with Gasteiger partial charge >= 0.3 is 5.97 Å². The van der Waals surface area contributed by atoms with Gasteiger partial charge in [-0.05, 0) is 25.0 Å². The first-order valence-corrected chi connectivity index (χ1v) is 8.74. The summed E-state index contributed by atoms with van der Waals surface area (Å²) in [5.41, 5.74) is 0.0404. The number of benzene rings is 1. The molecule has 1 rings (SSSR count). The molecule has 1 aromatic carbocycles. The molecule has 0 saturated heterocycles. The van der Waals surface area contributed by atoms with Crippen LogP contribution in [-0.4, -0.2) is 23.7 Å². The smallest absolute Gasteiger partial charge is 0.319 e. The number of carbonyl (C=O) groups excluding carboxylic acids is 2. The Hall–Kier alpha value is -1.27. The number of esters is 1. The molecule has 0 aromatic heterocycles. The number of amides is 1. The fourth-order valence-electron chi connectivity index (χ4n) is 1.77. The van der Waals surface area contributed by atoms with E-state index >= 15 is 0 Å². The van der Waals surface area contributed by atoms with Gasteiger partial charge in [-0.15, -0.1) is 11.8 Å². The highest BCUT2D eigenvalue weighted by Gasteiger charge is 2.22. The highest BCUT2D eigenvalue weighted by molar-refractivity contribution is 8.00. The van der Waals surface area contributed by atoms with Gasteiger partial charge in [-0.1, -0.05) is 31.9 Å². The maximum absolute atomic E-state index is 13.8. The largest absolute Gasteiger partial charge is 0.465 e. The van der Waals surface area contributed by atoms with Crippen molar-refractivity contribution in [2.24, 2.45) is 0 Å². The number of halogens is 2. The number of anilines is 1. The van der Waals surface area contributed by atoms with Crippen molar-refractivity contribution in [1.29, 1.82) is 0 Å². The minimum Gasteiger partial charge on any atom is -0.465 e. The maximum atomic E-state index is 13.8. The van der Waals surface area contributed by atoms with Crippen molar-refractivity contribution in [3.8, 4) is 0 Å². The second kappa shape index (κ2) is 9.78. The van der Waals surface area contributed by atoms with Crippen molar-refractivity contribution in [3.05, 3.63) is 23.0 Å². The zero-order valence-corrected chi connectivity index (χ0v) is 15.0. The van der Waals surface area contributed by atoms with Gasteiger partial charge in [0, 0.05) is 11.8 Å². The van der Waals surface area contributed by atoms with E-state index in [9.17, 15) is 14.0 Å². The molecular formula is C16H21ClFNO3S. The summed E-state index contributed by atoms with van der Waals surface area (Å²) in [7, 11) is 0. The van der Waals surface area contributed by atoms with Gasteiger partial charge in [-0.25, -0.2) is 4.39 Å². The Labute approximate surface area is 145 Å². The first kappa shape index (κ1) is 19.8. The lowest BCUT2D eigenvalue weighted by molar-refractivity contribution is -0.143. The summed E-state index contributed by atoms with van der Waals surface area (Å²) in [6.07, 6.45) is 2.32.